The zero-order chi connectivity index (χ0) is 13.8. The fourth-order valence-electron chi connectivity index (χ4n) is 3.50. The van der Waals surface area contributed by atoms with Crippen LogP contribution in [0.15, 0.2) is 18.3 Å². The summed E-state index contributed by atoms with van der Waals surface area (Å²) < 4.78 is 0. The second-order valence-corrected chi connectivity index (χ2v) is 6.02. The third-order valence-corrected chi connectivity index (χ3v) is 4.59. The number of likely N-dealkylation sites (tertiary alicyclic amines) is 1. The summed E-state index contributed by atoms with van der Waals surface area (Å²) in [5.41, 5.74) is 2.47. The van der Waals surface area contributed by atoms with Crippen molar-refractivity contribution in [3.63, 3.8) is 0 Å². The quantitative estimate of drug-likeness (QED) is 0.908. The lowest BCUT2D eigenvalue weighted by atomic mass is 10.1. The van der Waals surface area contributed by atoms with Gasteiger partial charge in [0.25, 0.3) is 0 Å². The average molecular weight is 274 g/mol. The molecule has 0 aromatic carbocycles. The number of nitrogens with one attached hydrogen (secondary N) is 1. The monoisotopic (exact) mass is 274 g/mol. The summed E-state index contributed by atoms with van der Waals surface area (Å²) in [5.74, 6) is 0. The smallest absolute Gasteiger partial charge is 0.0562 e. The van der Waals surface area contributed by atoms with E-state index < -0.39 is 0 Å². The molecular weight excluding hydrogens is 248 g/mol. The van der Waals surface area contributed by atoms with Gasteiger partial charge in [0, 0.05) is 37.6 Å². The predicted octanol–water partition coefficient (Wildman–Crippen LogP) is 1.87. The highest BCUT2D eigenvalue weighted by Gasteiger charge is 2.28. The molecule has 3 heterocycles. The zero-order valence-corrected chi connectivity index (χ0v) is 12.5. The second kappa shape index (κ2) is 6.55. The Bertz CT molecular complexity index is 428. The van der Waals surface area contributed by atoms with Crippen LogP contribution >= 0.6 is 0 Å². The highest BCUT2D eigenvalue weighted by molar-refractivity contribution is 5.47. The molecule has 20 heavy (non-hydrogen) atoms. The molecule has 2 aliphatic rings. The number of hydrogen-bond donors (Lipinski definition) is 1. The minimum atomic E-state index is 0.760. The first-order valence-corrected chi connectivity index (χ1v) is 7.95. The van der Waals surface area contributed by atoms with Gasteiger partial charge in [0.15, 0.2) is 0 Å². The second-order valence-electron chi connectivity index (χ2n) is 6.02. The zero-order valence-electron chi connectivity index (χ0n) is 12.5. The lowest BCUT2D eigenvalue weighted by molar-refractivity contribution is 0.175. The minimum absolute atomic E-state index is 0.760. The van der Waals surface area contributed by atoms with Gasteiger partial charge < -0.3 is 10.2 Å². The van der Waals surface area contributed by atoms with Crippen LogP contribution in [0.3, 0.4) is 0 Å². The molecule has 1 N–H and O–H groups in total. The molecule has 2 aliphatic heterocycles. The molecule has 0 bridgehead atoms. The van der Waals surface area contributed by atoms with Gasteiger partial charge in [-0.3, -0.25) is 9.88 Å². The van der Waals surface area contributed by atoms with Gasteiger partial charge in [-0.1, -0.05) is 6.42 Å². The summed E-state index contributed by atoms with van der Waals surface area (Å²) in [6.07, 6.45) is 7.45. The molecule has 4 nitrogen and oxygen atoms in total. The fourth-order valence-corrected chi connectivity index (χ4v) is 3.50. The highest BCUT2D eigenvalue weighted by atomic mass is 15.3. The van der Waals surface area contributed by atoms with E-state index in [9.17, 15) is 0 Å². The topological polar surface area (TPSA) is 31.4 Å². The Kier molecular flexibility index (Phi) is 4.53. The average Bonchev–Trinajstić information content (AvgIpc) is 2.99. The van der Waals surface area contributed by atoms with Crippen LogP contribution in [0, 0.1) is 0 Å². The van der Waals surface area contributed by atoms with Gasteiger partial charge >= 0.3 is 0 Å². The molecule has 1 unspecified atom stereocenters. The molecule has 0 radical (unpaired) electrons. The van der Waals surface area contributed by atoms with Gasteiger partial charge in [-0.2, -0.15) is 0 Å². The Morgan fingerprint density at radius 1 is 1.25 bits per heavy atom. The Morgan fingerprint density at radius 2 is 2.10 bits per heavy atom. The van der Waals surface area contributed by atoms with Crippen molar-refractivity contribution in [3.8, 4) is 0 Å². The molecule has 4 heteroatoms. The molecular formula is C16H26N4. The van der Waals surface area contributed by atoms with Gasteiger partial charge in [0.2, 0.25) is 0 Å². The largest absolute Gasteiger partial charge is 0.370 e. The Morgan fingerprint density at radius 3 is 2.90 bits per heavy atom. The number of hydrogen-bond acceptors (Lipinski definition) is 4. The summed E-state index contributed by atoms with van der Waals surface area (Å²) in [5, 5.41) is 3.17. The van der Waals surface area contributed by atoms with E-state index in [0.717, 1.165) is 18.3 Å². The first-order chi connectivity index (χ1) is 9.86. The maximum absolute atomic E-state index is 4.41. The van der Waals surface area contributed by atoms with Crippen LogP contribution in [0.5, 0.6) is 0 Å². The predicted molar refractivity (Wildman–Crippen MR) is 83.0 cm³/mol. The Balaban J connectivity index is 1.62. The van der Waals surface area contributed by atoms with Crippen LogP contribution in [0.2, 0.25) is 0 Å². The molecule has 0 saturated carbocycles. The molecule has 110 valence electrons. The maximum atomic E-state index is 4.41. The van der Waals surface area contributed by atoms with E-state index in [-0.39, 0.29) is 0 Å². The van der Waals surface area contributed by atoms with Gasteiger partial charge in [0.1, 0.15) is 0 Å². The number of piperidine rings is 1. The van der Waals surface area contributed by atoms with Crippen molar-refractivity contribution in [2.75, 3.05) is 38.1 Å². The molecule has 2 saturated heterocycles. The van der Waals surface area contributed by atoms with Crippen molar-refractivity contribution in [1.82, 2.24) is 15.2 Å². The normalized spacial score (nSPS) is 24.2. The molecule has 3 rings (SSSR count). The minimum Gasteiger partial charge on any atom is -0.370 e. The van der Waals surface area contributed by atoms with Crippen molar-refractivity contribution in [2.24, 2.45) is 0 Å². The van der Waals surface area contributed by atoms with Crippen LogP contribution < -0.4 is 10.2 Å². The summed E-state index contributed by atoms with van der Waals surface area (Å²) in [7, 11) is 1.97. The standard InChI is InChI=1S/C16H26N4/c1-17-12-14-11-15(5-7-18-14)20-10-6-16(13-20)19-8-3-2-4-9-19/h5,7,11,16-17H,2-4,6,8-10,12-13H2,1H3. The van der Waals surface area contributed by atoms with Crippen molar-refractivity contribution >= 4 is 5.69 Å². The van der Waals surface area contributed by atoms with E-state index >= 15 is 0 Å². The van der Waals surface area contributed by atoms with Crippen LogP contribution in [-0.4, -0.2) is 49.2 Å². The van der Waals surface area contributed by atoms with Gasteiger partial charge in [-0.15, -0.1) is 0 Å². The number of pyridine rings is 1. The van der Waals surface area contributed by atoms with E-state index in [1.165, 1.54) is 57.5 Å². The summed E-state index contributed by atoms with van der Waals surface area (Å²) in [6, 6.07) is 5.14. The first kappa shape index (κ1) is 13.8. The van der Waals surface area contributed by atoms with Crippen LogP contribution in [0.1, 0.15) is 31.4 Å². The summed E-state index contributed by atoms with van der Waals surface area (Å²) in [6.45, 7) is 5.82. The highest BCUT2D eigenvalue weighted by Crippen LogP contribution is 2.25. The van der Waals surface area contributed by atoms with Crippen molar-refractivity contribution in [3.05, 3.63) is 24.0 Å². The van der Waals surface area contributed by atoms with Crippen molar-refractivity contribution in [1.29, 1.82) is 0 Å². The Labute approximate surface area is 122 Å². The molecule has 1 aromatic rings. The van der Waals surface area contributed by atoms with E-state index in [1.807, 2.05) is 13.2 Å². The molecule has 1 atom stereocenters. The van der Waals surface area contributed by atoms with Crippen LogP contribution in [0.4, 0.5) is 5.69 Å². The van der Waals surface area contributed by atoms with Crippen molar-refractivity contribution in [2.45, 2.75) is 38.3 Å². The molecule has 0 spiro atoms. The third kappa shape index (κ3) is 3.13. The fraction of sp³-hybridized carbons (Fsp3) is 0.688. The van der Waals surface area contributed by atoms with E-state index in [1.54, 1.807) is 0 Å². The van der Waals surface area contributed by atoms with E-state index in [2.05, 4.69) is 32.2 Å². The number of anilines is 1. The first-order valence-electron chi connectivity index (χ1n) is 7.95. The lowest BCUT2D eigenvalue weighted by Crippen LogP contribution is -2.40. The molecule has 0 aliphatic carbocycles. The number of nitrogens with zero attached hydrogens (tertiary/aromatic N) is 3. The SMILES string of the molecule is CNCc1cc(N2CCC(N3CCCCC3)C2)ccn1. The number of aromatic nitrogens is 1. The molecule has 2 fully saturated rings. The Hall–Kier alpha value is -1.13. The number of rotatable bonds is 4. The van der Waals surface area contributed by atoms with Crippen LogP contribution in [-0.2, 0) is 6.54 Å². The van der Waals surface area contributed by atoms with Crippen molar-refractivity contribution < 1.29 is 0 Å². The van der Waals surface area contributed by atoms with Gasteiger partial charge in [0.05, 0.1) is 5.69 Å². The lowest BCUT2D eigenvalue weighted by Gasteiger charge is -2.32. The van der Waals surface area contributed by atoms with Gasteiger partial charge in [-0.05, 0) is 51.5 Å². The summed E-state index contributed by atoms with van der Waals surface area (Å²) >= 11 is 0. The molecule has 0 amide bonds. The van der Waals surface area contributed by atoms with Gasteiger partial charge in [-0.25, -0.2) is 0 Å². The van der Waals surface area contributed by atoms with Crippen LogP contribution in [0.25, 0.3) is 0 Å². The molecule has 1 aromatic heterocycles. The third-order valence-electron chi connectivity index (χ3n) is 4.59. The van der Waals surface area contributed by atoms with E-state index in [0.29, 0.717) is 0 Å². The maximum Gasteiger partial charge on any atom is 0.0562 e. The van der Waals surface area contributed by atoms with E-state index in [4.69, 9.17) is 0 Å². The summed E-state index contributed by atoms with van der Waals surface area (Å²) in [4.78, 5) is 9.65.